The molecule has 2 aromatic carbocycles. The maximum Gasteiger partial charge on any atom is 0.297 e. The molecule has 2 rings (SSSR count). The number of aryl methyl sites for hydroxylation is 1. The van der Waals surface area contributed by atoms with E-state index in [4.69, 9.17) is 61.0 Å². The Balaban J connectivity index is 1.15. The predicted octanol–water partition coefficient (Wildman–Crippen LogP) is 3.10. The van der Waals surface area contributed by atoms with Gasteiger partial charge in [-0.3, -0.25) is 4.18 Å². The molecular formula is C38H62O15S. The predicted molar refractivity (Wildman–Crippen MR) is 199 cm³/mol. The summed E-state index contributed by atoms with van der Waals surface area (Å²) in [6.07, 6.45) is 0. The van der Waals surface area contributed by atoms with Crippen molar-refractivity contribution < 1.29 is 69.4 Å². The summed E-state index contributed by atoms with van der Waals surface area (Å²) in [4.78, 5) is 0.127. The second kappa shape index (κ2) is 35.3. The zero-order valence-corrected chi connectivity index (χ0v) is 32.7. The van der Waals surface area contributed by atoms with E-state index in [9.17, 15) is 8.42 Å². The minimum atomic E-state index is -3.78. The van der Waals surface area contributed by atoms with Crippen molar-refractivity contribution in [2.75, 3.05) is 159 Å². The number of hydrogen-bond acceptors (Lipinski definition) is 15. The highest BCUT2D eigenvalue weighted by atomic mass is 32.2. The van der Waals surface area contributed by atoms with Gasteiger partial charge in [-0.2, -0.15) is 8.42 Å². The molecule has 0 unspecified atom stereocenters. The summed E-state index contributed by atoms with van der Waals surface area (Å²) in [6.45, 7) is 13.1. The topological polar surface area (TPSA) is 154 Å². The van der Waals surface area contributed by atoms with Crippen molar-refractivity contribution in [3.8, 4) is 0 Å². The van der Waals surface area contributed by atoms with Crippen LogP contribution in [0, 0.1) is 6.92 Å². The summed E-state index contributed by atoms with van der Waals surface area (Å²) in [5.74, 6) is 0. The van der Waals surface area contributed by atoms with Crippen LogP contribution < -0.4 is 0 Å². The van der Waals surface area contributed by atoms with Gasteiger partial charge in [0, 0.05) is 0 Å². The van der Waals surface area contributed by atoms with Crippen LogP contribution in [0.4, 0.5) is 0 Å². The first-order valence-electron chi connectivity index (χ1n) is 18.5. The second-order valence-electron chi connectivity index (χ2n) is 11.4. The summed E-state index contributed by atoms with van der Waals surface area (Å²) in [6, 6.07) is 16.5. The van der Waals surface area contributed by atoms with Gasteiger partial charge in [0.15, 0.2) is 0 Å². The highest BCUT2D eigenvalue weighted by Crippen LogP contribution is 2.13. The molecule has 0 aliphatic rings. The average molecular weight is 791 g/mol. The van der Waals surface area contributed by atoms with Crippen LogP contribution in [0.15, 0.2) is 59.5 Å². The molecule has 0 atom stereocenters. The fourth-order valence-electron chi connectivity index (χ4n) is 4.16. The van der Waals surface area contributed by atoms with Crippen molar-refractivity contribution >= 4 is 10.1 Å². The van der Waals surface area contributed by atoms with Crippen LogP contribution >= 0.6 is 0 Å². The smallest absolute Gasteiger partial charge is 0.297 e. The van der Waals surface area contributed by atoms with Crippen molar-refractivity contribution in [1.29, 1.82) is 0 Å². The SMILES string of the molecule is Cc1ccc(S(=O)(=O)OCCOCCOCCOCCOCCOCCOCCOCCOCCOCCOCCOCCOCc2ccccc2)cc1. The van der Waals surface area contributed by atoms with E-state index in [0.29, 0.717) is 152 Å². The van der Waals surface area contributed by atoms with E-state index in [1.807, 2.05) is 37.3 Å². The largest absolute Gasteiger partial charge is 0.377 e. The Hall–Kier alpha value is -2.13. The van der Waals surface area contributed by atoms with Gasteiger partial charge < -0.3 is 56.8 Å². The maximum atomic E-state index is 12.1. The summed E-state index contributed by atoms with van der Waals surface area (Å²) in [5.41, 5.74) is 2.13. The van der Waals surface area contributed by atoms with Gasteiger partial charge in [-0.05, 0) is 24.6 Å². The molecule has 0 spiro atoms. The molecule has 0 heterocycles. The fourth-order valence-corrected chi connectivity index (χ4v) is 5.05. The molecular weight excluding hydrogens is 728 g/mol. The third kappa shape index (κ3) is 29.2. The lowest BCUT2D eigenvalue weighted by Gasteiger charge is -2.09. The van der Waals surface area contributed by atoms with E-state index in [-0.39, 0.29) is 18.1 Å². The highest BCUT2D eigenvalue weighted by molar-refractivity contribution is 7.86. The average Bonchev–Trinajstić information content (AvgIpc) is 3.18. The molecule has 2 aromatic rings. The minimum Gasteiger partial charge on any atom is -0.377 e. The van der Waals surface area contributed by atoms with Crippen LogP contribution in [0.3, 0.4) is 0 Å². The van der Waals surface area contributed by atoms with Crippen LogP contribution in [0.25, 0.3) is 0 Å². The molecule has 0 N–H and O–H groups in total. The first-order chi connectivity index (χ1) is 26.6. The normalized spacial score (nSPS) is 11.8. The van der Waals surface area contributed by atoms with Crippen molar-refractivity contribution in [3.63, 3.8) is 0 Å². The van der Waals surface area contributed by atoms with Gasteiger partial charge in [-0.15, -0.1) is 0 Å². The lowest BCUT2D eigenvalue weighted by molar-refractivity contribution is -0.0286. The van der Waals surface area contributed by atoms with Gasteiger partial charge in [0.25, 0.3) is 10.1 Å². The third-order valence-electron chi connectivity index (χ3n) is 6.98. The van der Waals surface area contributed by atoms with Gasteiger partial charge in [0.1, 0.15) is 0 Å². The lowest BCUT2D eigenvalue weighted by Crippen LogP contribution is -2.16. The zero-order chi connectivity index (χ0) is 38.5. The molecule has 0 saturated carbocycles. The van der Waals surface area contributed by atoms with E-state index in [1.165, 1.54) is 12.1 Å². The number of ether oxygens (including phenoxy) is 12. The van der Waals surface area contributed by atoms with Gasteiger partial charge >= 0.3 is 0 Å². The highest BCUT2D eigenvalue weighted by Gasteiger charge is 2.14. The molecule has 0 aliphatic heterocycles. The zero-order valence-electron chi connectivity index (χ0n) is 31.9. The molecule has 0 bridgehead atoms. The summed E-state index contributed by atoms with van der Waals surface area (Å²) >= 11 is 0. The first-order valence-corrected chi connectivity index (χ1v) is 19.9. The van der Waals surface area contributed by atoms with Crippen LogP contribution in [-0.4, -0.2) is 167 Å². The van der Waals surface area contributed by atoms with Crippen molar-refractivity contribution in [3.05, 3.63) is 65.7 Å². The quantitative estimate of drug-likeness (QED) is 0.0717. The summed E-state index contributed by atoms with van der Waals surface area (Å²) < 4.78 is 94.8. The molecule has 0 aromatic heterocycles. The molecule has 0 fully saturated rings. The Bertz CT molecular complexity index is 1190. The van der Waals surface area contributed by atoms with Crippen molar-refractivity contribution in [2.24, 2.45) is 0 Å². The van der Waals surface area contributed by atoms with E-state index >= 15 is 0 Å². The molecule has 0 amide bonds. The Morgan fingerprint density at radius 2 is 0.630 bits per heavy atom. The Morgan fingerprint density at radius 3 is 0.944 bits per heavy atom. The molecule has 0 saturated heterocycles. The van der Waals surface area contributed by atoms with Gasteiger partial charge in [0.05, 0.1) is 170 Å². The molecule has 0 radical (unpaired) electrons. The van der Waals surface area contributed by atoms with Crippen LogP contribution in [0.5, 0.6) is 0 Å². The van der Waals surface area contributed by atoms with E-state index in [1.54, 1.807) is 12.1 Å². The number of benzene rings is 2. The molecule has 16 heteroatoms. The fraction of sp³-hybridized carbons (Fsp3) is 0.684. The number of rotatable bonds is 40. The molecule has 54 heavy (non-hydrogen) atoms. The van der Waals surface area contributed by atoms with Crippen LogP contribution in [-0.2, 0) is 77.8 Å². The molecule has 0 aliphatic carbocycles. The van der Waals surface area contributed by atoms with Gasteiger partial charge in [-0.1, -0.05) is 48.0 Å². The Kier molecular flexibility index (Phi) is 31.4. The molecule has 310 valence electrons. The lowest BCUT2D eigenvalue weighted by atomic mass is 10.2. The standard InChI is InChI=1S/C38H62O15S/c1-36-7-9-38(10-8-36)54(39,40)53-34-33-51-30-29-49-26-25-47-22-21-45-18-17-43-14-13-41-11-12-42-15-16-44-19-20-46-23-24-48-27-28-50-31-32-52-35-37-5-3-2-4-6-37/h2-10H,11-35H2,1H3. The monoisotopic (exact) mass is 790 g/mol. The Labute approximate surface area is 321 Å². The van der Waals surface area contributed by atoms with Gasteiger partial charge in [0.2, 0.25) is 0 Å². The van der Waals surface area contributed by atoms with Crippen LogP contribution in [0.2, 0.25) is 0 Å². The summed E-state index contributed by atoms with van der Waals surface area (Å²) in [7, 11) is -3.78. The van der Waals surface area contributed by atoms with E-state index < -0.39 is 10.1 Å². The Morgan fingerprint density at radius 1 is 0.352 bits per heavy atom. The first kappa shape index (κ1) is 48.0. The maximum absolute atomic E-state index is 12.1. The van der Waals surface area contributed by atoms with E-state index in [0.717, 1.165) is 11.1 Å². The third-order valence-corrected chi connectivity index (χ3v) is 8.31. The molecule has 15 nitrogen and oxygen atoms in total. The number of hydrogen-bond donors (Lipinski definition) is 0. The van der Waals surface area contributed by atoms with Crippen molar-refractivity contribution in [1.82, 2.24) is 0 Å². The van der Waals surface area contributed by atoms with Crippen LogP contribution in [0.1, 0.15) is 11.1 Å². The summed E-state index contributed by atoms with van der Waals surface area (Å²) in [5, 5.41) is 0. The van der Waals surface area contributed by atoms with Crippen molar-refractivity contribution in [2.45, 2.75) is 18.4 Å². The minimum absolute atomic E-state index is 0.0616. The van der Waals surface area contributed by atoms with Gasteiger partial charge in [-0.25, -0.2) is 0 Å². The second-order valence-corrected chi connectivity index (χ2v) is 13.0. The van der Waals surface area contributed by atoms with E-state index in [2.05, 4.69) is 0 Å².